The van der Waals surface area contributed by atoms with Gasteiger partial charge in [-0.1, -0.05) is 25.1 Å². The van der Waals surface area contributed by atoms with Crippen LogP contribution < -0.4 is 4.90 Å². The third-order valence-corrected chi connectivity index (χ3v) is 3.19. The normalized spacial score (nSPS) is 21.9. The van der Waals surface area contributed by atoms with E-state index < -0.39 is 0 Å². The maximum Gasteiger partial charge on any atom is 0.229 e. The van der Waals surface area contributed by atoms with Crippen LogP contribution in [-0.4, -0.2) is 13.0 Å². The number of amides is 1. The van der Waals surface area contributed by atoms with Crippen LogP contribution in [0.5, 0.6) is 0 Å². The first-order valence-corrected chi connectivity index (χ1v) is 5.55. The topological polar surface area (TPSA) is 20.3 Å². The summed E-state index contributed by atoms with van der Waals surface area (Å²) < 4.78 is 0. The van der Waals surface area contributed by atoms with E-state index in [9.17, 15) is 4.79 Å². The van der Waals surface area contributed by atoms with Gasteiger partial charge in [0.1, 0.15) is 0 Å². The fraction of sp³-hybridized carbons (Fsp3) is 0.462. The molecular weight excluding hydrogens is 186 g/mol. The fourth-order valence-corrected chi connectivity index (χ4v) is 2.22. The van der Waals surface area contributed by atoms with Gasteiger partial charge in [0.05, 0.1) is 0 Å². The minimum atomic E-state index is 0.156. The average Bonchev–Trinajstić information content (AvgIpc) is 2.26. The third-order valence-electron chi connectivity index (χ3n) is 3.19. The molecule has 2 heteroatoms. The fourth-order valence-electron chi connectivity index (χ4n) is 2.22. The SMILES string of the molecule is CC1CCCc2ccccc2N(C)C1=O. The molecule has 0 aromatic heterocycles. The first-order valence-electron chi connectivity index (χ1n) is 5.55. The molecule has 0 N–H and O–H groups in total. The van der Waals surface area contributed by atoms with E-state index >= 15 is 0 Å². The van der Waals surface area contributed by atoms with Gasteiger partial charge < -0.3 is 4.90 Å². The van der Waals surface area contributed by atoms with Crippen LogP contribution in [0, 0.1) is 5.92 Å². The molecule has 0 saturated carbocycles. The van der Waals surface area contributed by atoms with Gasteiger partial charge in [0, 0.05) is 18.7 Å². The molecule has 0 aliphatic carbocycles. The van der Waals surface area contributed by atoms with E-state index in [1.165, 1.54) is 5.56 Å². The molecule has 1 aliphatic rings. The van der Waals surface area contributed by atoms with Crippen LogP contribution in [-0.2, 0) is 11.2 Å². The lowest BCUT2D eigenvalue weighted by Crippen LogP contribution is -2.33. The van der Waals surface area contributed by atoms with E-state index in [0.29, 0.717) is 0 Å². The van der Waals surface area contributed by atoms with Gasteiger partial charge in [-0.15, -0.1) is 0 Å². The van der Waals surface area contributed by atoms with Crippen LogP contribution in [0.25, 0.3) is 0 Å². The Morgan fingerprint density at radius 2 is 2.07 bits per heavy atom. The van der Waals surface area contributed by atoms with E-state index in [1.807, 2.05) is 32.2 Å². The molecule has 1 aromatic carbocycles. The zero-order valence-electron chi connectivity index (χ0n) is 9.36. The zero-order chi connectivity index (χ0) is 10.8. The molecule has 1 aromatic rings. The summed E-state index contributed by atoms with van der Waals surface area (Å²) in [6.45, 7) is 2.02. The molecule has 1 amide bonds. The van der Waals surface area contributed by atoms with Gasteiger partial charge in [-0.05, 0) is 30.9 Å². The highest BCUT2D eigenvalue weighted by molar-refractivity contribution is 5.95. The number of carbonyl (C=O) groups is 1. The van der Waals surface area contributed by atoms with Crippen molar-refractivity contribution < 1.29 is 4.79 Å². The lowest BCUT2D eigenvalue weighted by Gasteiger charge is -2.26. The first-order chi connectivity index (χ1) is 7.20. The van der Waals surface area contributed by atoms with Crippen molar-refractivity contribution in [3.63, 3.8) is 0 Å². The van der Waals surface area contributed by atoms with Crippen LogP contribution in [0.15, 0.2) is 24.3 Å². The Balaban J connectivity index is 2.40. The monoisotopic (exact) mass is 203 g/mol. The van der Waals surface area contributed by atoms with Gasteiger partial charge in [-0.25, -0.2) is 0 Å². The minimum Gasteiger partial charge on any atom is -0.315 e. The summed E-state index contributed by atoms with van der Waals surface area (Å²) in [5, 5.41) is 0. The van der Waals surface area contributed by atoms with Crippen molar-refractivity contribution in [1.82, 2.24) is 0 Å². The number of para-hydroxylation sites is 1. The van der Waals surface area contributed by atoms with Crippen molar-refractivity contribution in [2.45, 2.75) is 26.2 Å². The summed E-state index contributed by atoms with van der Waals surface area (Å²) in [4.78, 5) is 13.8. The highest BCUT2D eigenvalue weighted by Gasteiger charge is 2.22. The van der Waals surface area contributed by atoms with Crippen molar-refractivity contribution in [2.24, 2.45) is 5.92 Å². The van der Waals surface area contributed by atoms with Crippen molar-refractivity contribution in [3.05, 3.63) is 29.8 Å². The van der Waals surface area contributed by atoms with E-state index in [1.54, 1.807) is 4.90 Å². The lowest BCUT2D eigenvalue weighted by atomic mass is 9.95. The van der Waals surface area contributed by atoms with E-state index in [0.717, 1.165) is 24.9 Å². The second-order valence-corrected chi connectivity index (χ2v) is 4.32. The number of anilines is 1. The molecule has 1 aliphatic heterocycles. The van der Waals surface area contributed by atoms with E-state index in [-0.39, 0.29) is 11.8 Å². The molecule has 1 atom stereocenters. The van der Waals surface area contributed by atoms with E-state index in [4.69, 9.17) is 0 Å². The summed E-state index contributed by atoms with van der Waals surface area (Å²) >= 11 is 0. The van der Waals surface area contributed by atoms with E-state index in [2.05, 4.69) is 6.07 Å². The summed E-state index contributed by atoms with van der Waals surface area (Å²) in [7, 11) is 1.88. The van der Waals surface area contributed by atoms with Crippen molar-refractivity contribution >= 4 is 11.6 Å². The number of benzene rings is 1. The number of nitrogens with zero attached hydrogens (tertiary/aromatic N) is 1. The van der Waals surface area contributed by atoms with Gasteiger partial charge in [0.25, 0.3) is 0 Å². The number of hydrogen-bond donors (Lipinski definition) is 0. The van der Waals surface area contributed by atoms with Gasteiger partial charge in [-0.3, -0.25) is 4.79 Å². The van der Waals surface area contributed by atoms with Crippen LogP contribution >= 0.6 is 0 Å². The number of carbonyl (C=O) groups excluding carboxylic acids is 1. The van der Waals surface area contributed by atoms with Crippen LogP contribution in [0.1, 0.15) is 25.3 Å². The van der Waals surface area contributed by atoms with Crippen LogP contribution in [0.2, 0.25) is 0 Å². The second kappa shape index (κ2) is 4.05. The first kappa shape index (κ1) is 10.2. The quantitative estimate of drug-likeness (QED) is 0.634. The largest absolute Gasteiger partial charge is 0.315 e. The maximum absolute atomic E-state index is 12.0. The number of aryl methyl sites for hydroxylation is 1. The summed E-state index contributed by atoms with van der Waals surface area (Å²) in [6, 6.07) is 8.19. The Bertz CT molecular complexity index is 373. The Morgan fingerprint density at radius 1 is 1.33 bits per heavy atom. The minimum absolute atomic E-state index is 0.156. The van der Waals surface area contributed by atoms with Crippen molar-refractivity contribution in [3.8, 4) is 0 Å². The molecule has 0 saturated heterocycles. The molecule has 2 rings (SSSR count). The van der Waals surface area contributed by atoms with Crippen LogP contribution in [0.4, 0.5) is 5.69 Å². The molecule has 0 spiro atoms. The third kappa shape index (κ3) is 1.89. The molecule has 15 heavy (non-hydrogen) atoms. The number of fused-ring (bicyclic) bond motifs is 1. The molecule has 1 unspecified atom stereocenters. The van der Waals surface area contributed by atoms with Crippen molar-refractivity contribution in [2.75, 3.05) is 11.9 Å². The Labute approximate surface area is 90.9 Å². The van der Waals surface area contributed by atoms with Gasteiger partial charge in [0.15, 0.2) is 0 Å². The Morgan fingerprint density at radius 3 is 2.87 bits per heavy atom. The summed E-state index contributed by atoms with van der Waals surface area (Å²) in [5.41, 5.74) is 2.37. The molecular formula is C13H17NO. The summed E-state index contributed by atoms with van der Waals surface area (Å²) in [6.07, 6.45) is 3.19. The zero-order valence-corrected chi connectivity index (χ0v) is 9.36. The highest BCUT2D eigenvalue weighted by Crippen LogP contribution is 2.26. The average molecular weight is 203 g/mol. The number of hydrogen-bond acceptors (Lipinski definition) is 1. The maximum atomic E-state index is 12.0. The second-order valence-electron chi connectivity index (χ2n) is 4.32. The highest BCUT2D eigenvalue weighted by atomic mass is 16.2. The van der Waals surface area contributed by atoms with Crippen molar-refractivity contribution in [1.29, 1.82) is 0 Å². The molecule has 80 valence electrons. The molecule has 2 nitrogen and oxygen atoms in total. The molecule has 0 bridgehead atoms. The molecule has 0 fully saturated rings. The smallest absolute Gasteiger partial charge is 0.229 e. The number of rotatable bonds is 0. The predicted octanol–water partition coefficient (Wildman–Crippen LogP) is 2.62. The van der Waals surface area contributed by atoms with Crippen LogP contribution in [0.3, 0.4) is 0 Å². The predicted molar refractivity (Wildman–Crippen MR) is 62.0 cm³/mol. The standard InChI is InChI=1S/C13H17NO/c1-10-6-5-8-11-7-3-4-9-12(11)14(2)13(10)15/h3-4,7,9-10H,5-6,8H2,1-2H3. The van der Waals surface area contributed by atoms with Gasteiger partial charge in [-0.2, -0.15) is 0 Å². The Hall–Kier alpha value is -1.31. The van der Waals surface area contributed by atoms with Gasteiger partial charge >= 0.3 is 0 Å². The lowest BCUT2D eigenvalue weighted by molar-refractivity contribution is -0.121. The molecule has 0 radical (unpaired) electrons. The van der Waals surface area contributed by atoms with Gasteiger partial charge in [0.2, 0.25) is 5.91 Å². The Kier molecular flexibility index (Phi) is 2.76. The summed E-state index contributed by atoms with van der Waals surface area (Å²) in [5.74, 6) is 0.394. The molecule has 1 heterocycles.